The van der Waals surface area contributed by atoms with E-state index < -0.39 is 5.56 Å². The van der Waals surface area contributed by atoms with Crippen molar-refractivity contribution in [3.63, 3.8) is 0 Å². The molecule has 2 aromatic heterocycles. The molecule has 0 fully saturated rings. The average molecular weight is 480 g/mol. The molecule has 0 aliphatic carbocycles. The van der Waals surface area contributed by atoms with Crippen LogP contribution in [0.5, 0.6) is 0 Å². The Balaban J connectivity index is 1.47. The molecule has 35 heavy (non-hydrogen) atoms. The monoisotopic (exact) mass is 479 g/mol. The first-order valence-corrected chi connectivity index (χ1v) is 11.6. The molecule has 2 heterocycles. The van der Waals surface area contributed by atoms with Gasteiger partial charge in [0.25, 0.3) is 5.56 Å². The van der Waals surface area contributed by atoms with Crippen LogP contribution in [0, 0.1) is 5.82 Å². The van der Waals surface area contributed by atoms with Crippen LogP contribution in [-0.2, 0) is 6.54 Å². The lowest BCUT2D eigenvalue weighted by Crippen LogP contribution is -2.29. The fourth-order valence-corrected chi connectivity index (χ4v) is 3.84. The van der Waals surface area contributed by atoms with Crippen LogP contribution in [0.15, 0.2) is 57.9 Å². The third-order valence-corrected chi connectivity index (χ3v) is 5.66. The Bertz CT molecular complexity index is 1290. The molecule has 184 valence electrons. The van der Waals surface area contributed by atoms with Crippen LogP contribution >= 0.6 is 0 Å². The van der Waals surface area contributed by atoms with Crippen molar-refractivity contribution in [2.45, 2.75) is 19.4 Å². The zero-order chi connectivity index (χ0) is 24.6. The number of fused-ring (bicyclic) bond motifs is 1. The number of rotatable bonds is 12. The second-order valence-corrected chi connectivity index (χ2v) is 8.27. The number of aromatic amines is 1. The van der Waals surface area contributed by atoms with E-state index in [-0.39, 0.29) is 23.3 Å². The highest BCUT2D eigenvalue weighted by atomic mass is 19.1. The molecular weight excluding hydrogens is 449 g/mol. The third-order valence-electron chi connectivity index (χ3n) is 5.66. The van der Waals surface area contributed by atoms with Crippen LogP contribution < -0.4 is 21.9 Å². The van der Waals surface area contributed by atoms with Gasteiger partial charge in [-0.3, -0.25) is 20.0 Å². The van der Waals surface area contributed by atoms with Gasteiger partial charge in [0.2, 0.25) is 5.95 Å². The van der Waals surface area contributed by atoms with Crippen molar-refractivity contribution in [3.8, 4) is 11.1 Å². The number of hydrogen-bond donors (Lipinski definition) is 4. The number of para-hydroxylation sites is 2. The Morgan fingerprint density at radius 1 is 1.17 bits per heavy atom. The van der Waals surface area contributed by atoms with Gasteiger partial charge in [-0.25, -0.2) is 9.37 Å². The number of nitrogens with one attached hydrogen (secondary N) is 3. The van der Waals surface area contributed by atoms with Crippen molar-refractivity contribution >= 4 is 23.1 Å². The molecule has 0 spiro atoms. The number of nitrogens with two attached hydrogens (primary N) is 1. The molecule has 4 rings (SSSR count). The summed E-state index contributed by atoms with van der Waals surface area (Å²) in [7, 11) is 1.91. The van der Waals surface area contributed by atoms with E-state index in [1.54, 1.807) is 18.2 Å². The van der Waals surface area contributed by atoms with Crippen molar-refractivity contribution in [2.24, 2.45) is 5.73 Å². The van der Waals surface area contributed by atoms with Gasteiger partial charge in [-0.2, -0.15) is 4.98 Å². The van der Waals surface area contributed by atoms with Crippen LogP contribution in [0.1, 0.15) is 18.4 Å². The average Bonchev–Trinajstić information content (AvgIpc) is 3.26. The maximum atomic E-state index is 15.0. The third kappa shape index (κ3) is 6.30. The van der Waals surface area contributed by atoms with E-state index in [1.807, 2.05) is 25.2 Å². The molecule has 5 N–H and O–H groups in total. The topological polar surface area (TPSA) is 125 Å². The molecule has 0 aliphatic rings. The summed E-state index contributed by atoms with van der Waals surface area (Å²) in [6.45, 7) is 3.63. The number of H-pyrrole nitrogens is 1. The molecule has 10 heteroatoms. The van der Waals surface area contributed by atoms with Crippen LogP contribution in [-0.4, -0.2) is 53.1 Å². The molecule has 0 saturated carbocycles. The molecule has 0 bridgehead atoms. The van der Waals surface area contributed by atoms with Gasteiger partial charge in [-0.05, 0) is 69.8 Å². The largest absolute Gasteiger partial charge is 0.423 e. The summed E-state index contributed by atoms with van der Waals surface area (Å²) in [5, 5.41) is 5.99. The summed E-state index contributed by atoms with van der Waals surface area (Å²) in [5.41, 5.74) is 7.87. The lowest BCUT2D eigenvalue weighted by atomic mass is 10.1. The number of halogens is 1. The fourth-order valence-electron chi connectivity index (χ4n) is 3.84. The molecule has 0 unspecified atom stereocenters. The first-order chi connectivity index (χ1) is 17.1. The molecule has 0 amide bonds. The molecule has 0 saturated heterocycles. The van der Waals surface area contributed by atoms with E-state index in [0.29, 0.717) is 35.3 Å². The Morgan fingerprint density at radius 3 is 2.74 bits per heavy atom. The van der Waals surface area contributed by atoms with Crippen molar-refractivity contribution in [1.29, 1.82) is 0 Å². The van der Waals surface area contributed by atoms with Crippen LogP contribution in [0.4, 0.5) is 16.4 Å². The van der Waals surface area contributed by atoms with Crippen molar-refractivity contribution in [1.82, 2.24) is 25.2 Å². The molecular formula is C25H30FN7O2. The van der Waals surface area contributed by atoms with E-state index in [2.05, 4.69) is 30.5 Å². The summed E-state index contributed by atoms with van der Waals surface area (Å²) >= 11 is 0. The van der Waals surface area contributed by atoms with Gasteiger partial charge >= 0.3 is 6.01 Å². The zero-order valence-electron chi connectivity index (χ0n) is 19.7. The van der Waals surface area contributed by atoms with Crippen molar-refractivity contribution in [3.05, 3.63) is 70.4 Å². The van der Waals surface area contributed by atoms with Gasteiger partial charge in [0, 0.05) is 18.3 Å². The number of oxazole rings is 1. The summed E-state index contributed by atoms with van der Waals surface area (Å²) in [6.07, 6.45) is 3.22. The van der Waals surface area contributed by atoms with Crippen LogP contribution in [0.3, 0.4) is 0 Å². The minimum absolute atomic E-state index is 0.180. The highest BCUT2D eigenvalue weighted by Gasteiger charge is 2.13. The quantitative estimate of drug-likeness (QED) is 0.228. The van der Waals surface area contributed by atoms with Crippen molar-refractivity contribution < 1.29 is 8.81 Å². The first kappa shape index (κ1) is 24.5. The predicted octanol–water partition coefficient (Wildman–Crippen LogP) is 3.22. The molecule has 0 aliphatic heterocycles. The summed E-state index contributed by atoms with van der Waals surface area (Å²) < 4.78 is 20.6. The molecule has 0 atom stereocenters. The number of anilines is 2. The van der Waals surface area contributed by atoms with Crippen molar-refractivity contribution in [2.75, 3.05) is 38.5 Å². The maximum absolute atomic E-state index is 15.0. The van der Waals surface area contributed by atoms with Gasteiger partial charge in [0.15, 0.2) is 5.58 Å². The number of nitrogens with zero attached hydrogens (tertiary/aromatic N) is 3. The second kappa shape index (κ2) is 11.7. The van der Waals surface area contributed by atoms with Gasteiger partial charge in [0.05, 0.1) is 5.56 Å². The van der Waals surface area contributed by atoms with Crippen LogP contribution in [0.25, 0.3) is 22.2 Å². The number of benzene rings is 2. The molecule has 0 radical (unpaired) electrons. The van der Waals surface area contributed by atoms with E-state index in [4.69, 9.17) is 10.2 Å². The Morgan fingerprint density at radius 2 is 2.00 bits per heavy atom. The van der Waals surface area contributed by atoms with Gasteiger partial charge < -0.3 is 15.5 Å². The fraction of sp³-hybridized carbons (Fsp3) is 0.320. The Kier molecular flexibility index (Phi) is 8.19. The lowest BCUT2D eigenvalue weighted by molar-refractivity contribution is 0.256. The van der Waals surface area contributed by atoms with Gasteiger partial charge in [0.1, 0.15) is 11.3 Å². The van der Waals surface area contributed by atoms with Gasteiger partial charge in [-0.1, -0.05) is 24.3 Å². The minimum Gasteiger partial charge on any atom is -0.423 e. The Labute approximate surface area is 202 Å². The summed E-state index contributed by atoms with van der Waals surface area (Å²) in [5.74, 6) is -0.179. The normalized spacial score (nSPS) is 11.4. The van der Waals surface area contributed by atoms with Gasteiger partial charge in [-0.15, -0.1) is 0 Å². The Hall–Kier alpha value is -3.60. The van der Waals surface area contributed by atoms with E-state index in [1.165, 1.54) is 12.3 Å². The lowest BCUT2D eigenvalue weighted by Gasteiger charge is -2.22. The summed E-state index contributed by atoms with van der Waals surface area (Å²) in [4.78, 5) is 26.1. The number of aromatic nitrogens is 3. The minimum atomic E-state index is -0.401. The van der Waals surface area contributed by atoms with Crippen LogP contribution in [0.2, 0.25) is 0 Å². The number of hydrogen-bond acceptors (Lipinski definition) is 8. The second-order valence-electron chi connectivity index (χ2n) is 8.27. The molecule has 9 nitrogen and oxygen atoms in total. The predicted molar refractivity (Wildman–Crippen MR) is 135 cm³/mol. The highest BCUT2D eigenvalue weighted by Crippen LogP contribution is 2.22. The smallest absolute Gasteiger partial charge is 0.302 e. The highest BCUT2D eigenvalue weighted by molar-refractivity contribution is 5.74. The SMILES string of the molecule is CNCCCN(CCCN)Cc1ccc(-c2cnc(Nc3nc4ccccc4o3)[nH]c2=O)cc1F. The first-order valence-electron chi connectivity index (χ1n) is 11.6. The zero-order valence-corrected chi connectivity index (χ0v) is 19.7. The maximum Gasteiger partial charge on any atom is 0.302 e. The van der Waals surface area contributed by atoms with E-state index >= 15 is 0 Å². The molecule has 4 aromatic rings. The molecule has 2 aromatic carbocycles. The standard InChI is InChI=1S/C25H30FN7O2/c1-28-11-5-13-33(12-4-10-27)16-18-9-8-17(14-20(18)26)19-15-29-24(31-23(19)34)32-25-30-21-6-2-3-7-22(21)35-25/h2-3,6-9,14-15,28H,4-5,10-13,16,27H2,1H3,(H2,29,30,31,32,34). The van der Waals surface area contributed by atoms with E-state index in [9.17, 15) is 9.18 Å². The summed E-state index contributed by atoms with van der Waals surface area (Å²) in [6, 6.07) is 12.4. The van der Waals surface area contributed by atoms with E-state index in [0.717, 1.165) is 32.5 Å².